The highest BCUT2D eigenvalue weighted by atomic mass is 16.2. The maximum Gasteiger partial charge on any atom is 0.311 e. The van der Waals surface area contributed by atoms with Gasteiger partial charge in [-0.15, -0.1) is 0 Å². The van der Waals surface area contributed by atoms with Gasteiger partial charge in [-0.2, -0.15) is 0 Å². The highest BCUT2D eigenvalue weighted by molar-refractivity contribution is 6.35. The fourth-order valence-corrected chi connectivity index (χ4v) is 3.64. The van der Waals surface area contributed by atoms with E-state index >= 15 is 0 Å². The van der Waals surface area contributed by atoms with E-state index in [1.807, 2.05) is 0 Å². The van der Waals surface area contributed by atoms with Crippen LogP contribution in [-0.2, 0) is 9.59 Å². The van der Waals surface area contributed by atoms with E-state index in [2.05, 4.69) is 19.2 Å². The van der Waals surface area contributed by atoms with Gasteiger partial charge < -0.3 is 10.2 Å². The number of likely N-dealkylation sites (tertiary alicyclic amines) is 1. The van der Waals surface area contributed by atoms with Gasteiger partial charge in [0.2, 0.25) is 0 Å². The van der Waals surface area contributed by atoms with Gasteiger partial charge in [0.15, 0.2) is 0 Å². The van der Waals surface area contributed by atoms with E-state index in [1.54, 1.807) is 4.90 Å². The van der Waals surface area contributed by atoms with E-state index in [-0.39, 0.29) is 11.9 Å². The van der Waals surface area contributed by atoms with Crippen LogP contribution in [0.4, 0.5) is 0 Å². The molecule has 2 unspecified atom stereocenters. The zero-order chi connectivity index (χ0) is 14.5. The lowest BCUT2D eigenvalue weighted by Crippen LogP contribution is -2.50. The zero-order valence-electron chi connectivity index (χ0n) is 12.9. The van der Waals surface area contributed by atoms with Crippen LogP contribution in [-0.4, -0.2) is 35.8 Å². The molecule has 20 heavy (non-hydrogen) atoms. The third-order valence-electron chi connectivity index (χ3n) is 4.54. The number of amides is 2. The molecule has 0 radical (unpaired) electrons. The first kappa shape index (κ1) is 15.3. The highest BCUT2D eigenvalue weighted by Crippen LogP contribution is 2.21. The van der Waals surface area contributed by atoms with Crippen molar-refractivity contribution < 1.29 is 9.59 Å². The van der Waals surface area contributed by atoms with E-state index in [4.69, 9.17) is 0 Å². The molecule has 0 spiro atoms. The molecule has 2 amide bonds. The summed E-state index contributed by atoms with van der Waals surface area (Å²) in [5.41, 5.74) is 0. The lowest BCUT2D eigenvalue weighted by Gasteiger charge is -2.34. The van der Waals surface area contributed by atoms with Crippen LogP contribution in [0.25, 0.3) is 0 Å². The first-order valence-electron chi connectivity index (χ1n) is 8.16. The van der Waals surface area contributed by atoms with E-state index < -0.39 is 5.91 Å². The summed E-state index contributed by atoms with van der Waals surface area (Å²) in [4.78, 5) is 26.1. The fraction of sp³-hybridized carbons (Fsp3) is 0.875. The minimum atomic E-state index is -0.391. The van der Waals surface area contributed by atoms with Gasteiger partial charge in [-0.25, -0.2) is 0 Å². The summed E-state index contributed by atoms with van der Waals surface area (Å²) in [5.74, 6) is 0.271. The Balaban J connectivity index is 1.86. The SMILES string of the molecule is CC1CC(C)CN(C(=O)C(=O)NC2CCCCCC2)C1. The van der Waals surface area contributed by atoms with Gasteiger partial charge in [0.1, 0.15) is 0 Å². The molecule has 2 atom stereocenters. The molecule has 1 heterocycles. The Morgan fingerprint density at radius 1 is 0.950 bits per heavy atom. The van der Waals surface area contributed by atoms with Crippen molar-refractivity contribution in [2.24, 2.45) is 11.8 Å². The molecule has 1 aliphatic heterocycles. The molecule has 0 aromatic rings. The summed E-state index contributed by atoms with van der Waals surface area (Å²) in [6.45, 7) is 5.75. The molecule has 1 saturated heterocycles. The maximum absolute atomic E-state index is 12.3. The summed E-state index contributed by atoms with van der Waals surface area (Å²) < 4.78 is 0. The topological polar surface area (TPSA) is 49.4 Å². The van der Waals surface area contributed by atoms with Crippen molar-refractivity contribution in [2.45, 2.75) is 64.8 Å². The van der Waals surface area contributed by atoms with E-state index in [0.29, 0.717) is 11.8 Å². The normalized spacial score (nSPS) is 28.8. The number of hydrogen-bond acceptors (Lipinski definition) is 2. The lowest BCUT2D eigenvalue weighted by molar-refractivity contribution is -0.148. The third-order valence-corrected chi connectivity index (χ3v) is 4.54. The average molecular weight is 280 g/mol. The Morgan fingerprint density at radius 3 is 2.05 bits per heavy atom. The van der Waals surface area contributed by atoms with Gasteiger partial charge in [-0.05, 0) is 31.1 Å². The molecule has 4 heteroatoms. The van der Waals surface area contributed by atoms with E-state index in [9.17, 15) is 9.59 Å². The van der Waals surface area contributed by atoms with Crippen LogP contribution in [0, 0.1) is 11.8 Å². The molecule has 4 nitrogen and oxygen atoms in total. The zero-order valence-corrected chi connectivity index (χ0v) is 12.9. The quantitative estimate of drug-likeness (QED) is 0.592. The molecule has 0 aromatic heterocycles. The van der Waals surface area contributed by atoms with E-state index in [1.165, 1.54) is 12.8 Å². The van der Waals surface area contributed by atoms with Crippen LogP contribution in [0.15, 0.2) is 0 Å². The van der Waals surface area contributed by atoms with Crippen molar-refractivity contribution in [1.82, 2.24) is 10.2 Å². The monoisotopic (exact) mass is 280 g/mol. The minimum Gasteiger partial charge on any atom is -0.345 e. The molecule has 114 valence electrons. The molecule has 1 saturated carbocycles. The second kappa shape index (κ2) is 7.09. The Bertz CT molecular complexity index is 338. The van der Waals surface area contributed by atoms with Gasteiger partial charge in [-0.3, -0.25) is 9.59 Å². The number of rotatable bonds is 1. The van der Waals surface area contributed by atoms with Crippen molar-refractivity contribution >= 4 is 11.8 Å². The number of piperidine rings is 1. The smallest absolute Gasteiger partial charge is 0.311 e. The van der Waals surface area contributed by atoms with Crippen LogP contribution in [0.2, 0.25) is 0 Å². The molecule has 1 aliphatic carbocycles. The Labute approximate surface area is 122 Å². The van der Waals surface area contributed by atoms with Gasteiger partial charge in [-0.1, -0.05) is 39.5 Å². The van der Waals surface area contributed by atoms with Gasteiger partial charge in [0.05, 0.1) is 0 Å². The summed E-state index contributed by atoms with van der Waals surface area (Å²) >= 11 is 0. The number of carbonyl (C=O) groups is 2. The van der Waals surface area contributed by atoms with Gasteiger partial charge >= 0.3 is 11.8 Å². The Morgan fingerprint density at radius 2 is 1.50 bits per heavy atom. The first-order valence-corrected chi connectivity index (χ1v) is 8.16. The van der Waals surface area contributed by atoms with Gasteiger partial charge in [0.25, 0.3) is 0 Å². The molecular formula is C16H28N2O2. The summed E-state index contributed by atoms with van der Waals surface area (Å²) in [6.07, 6.45) is 8.02. The van der Waals surface area contributed by atoms with Crippen molar-refractivity contribution in [1.29, 1.82) is 0 Å². The molecule has 2 rings (SSSR count). The average Bonchev–Trinajstić information content (AvgIpc) is 2.65. The highest BCUT2D eigenvalue weighted by Gasteiger charge is 2.30. The molecule has 1 N–H and O–H groups in total. The number of carbonyl (C=O) groups excluding carboxylic acids is 2. The number of nitrogens with zero attached hydrogens (tertiary/aromatic N) is 1. The van der Waals surface area contributed by atoms with E-state index in [0.717, 1.165) is 45.2 Å². The van der Waals surface area contributed by atoms with Crippen LogP contribution in [0.5, 0.6) is 0 Å². The van der Waals surface area contributed by atoms with Gasteiger partial charge in [0, 0.05) is 19.1 Å². The summed E-state index contributed by atoms with van der Waals surface area (Å²) in [7, 11) is 0. The predicted octanol–water partition coefficient (Wildman–Crippen LogP) is 2.33. The minimum absolute atomic E-state index is 0.202. The maximum atomic E-state index is 12.3. The second-order valence-electron chi connectivity index (χ2n) is 6.82. The summed E-state index contributed by atoms with van der Waals surface area (Å²) in [5, 5.41) is 2.96. The van der Waals surface area contributed by atoms with Crippen molar-refractivity contribution in [2.75, 3.05) is 13.1 Å². The molecule has 0 aromatic carbocycles. The Kier molecular flexibility index (Phi) is 5.44. The lowest BCUT2D eigenvalue weighted by atomic mass is 9.92. The largest absolute Gasteiger partial charge is 0.345 e. The first-order chi connectivity index (χ1) is 9.56. The van der Waals surface area contributed by atoms with Crippen LogP contribution in [0.3, 0.4) is 0 Å². The molecule has 2 fully saturated rings. The number of hydrogen-bond donors (Lipinski definition) is 1. The van der Waals surface area contributed by atoms with Crippen LogP contribution in [0.1, 0.15) is 58.8 Å². The molecular weight excluding hydrogens is 252 g/mol. The van der Waals surface area contributed by atoms with Crippen LogP contribution < -0.4 is 5.32 Å². The van der Waals surface area contributed by atoms with Crippen LogP contribution >= 0.6 is 0 Å². The third kappa shape index (κ3) is 4.22. The predicted molar refractivity (Wildman–Crippen MR) is 79.2 cm³/mol. The van der Waals surface area contributed by atoms with Crippen molar-refractivity contribution in [3.63, 3.8) is 0 Å². The molecule has 2 aliphatic rings. The number of nitrogens with one attached hydrogen (secondary N) is 1. The summed E-state index contributed by atoms with van der Waals surface area (Å²) in [6, 6.07) is 0.202. The van der Waals surface area contributed by atoms with Crippen molar-refractivity contribution in [3.8, 4) is 0 Å². The fourth-order valence-electron chi connectivity index (χ4n) is 3.64. The second-order valence-corrected chi connectivity index (χ2v) is 6.82. The standard InChI is InChI=1S/C16H28N2O2/c1-12-9-13(2)11-18(10-12)16(20)15(19)17-14-7-5-3-4-6-8-14/h12-14H,3-11H2,1-2H3,(H,17,19). The van der Waals surface area contributed by atoms with Crippen molar-refractivity contribution in [3.05, 3.63) is 0 Å². The molecule has 0 bridgehead atoms. The Hall–Kier alpha value is -1.06.